The Balaban J connectivity index is 1.69. The Labute approximate surface area is 181 Å². The lowest BCUT2D eigenvalue weighted by atomic mass is 9.86. The molecule has 2 aromatic heterocycles. The third-order valence-corrected chi connectivity index (χ3v) is 7.00. The first-order valence-corrected chi connectivity index (χ1v) is 10.7. The van der Waals surface area contributed by atoms with Gasteiger partial charge in [-0.2, -0.15) is 9.78 Å². The van der Waals surface area contributed by atoms with Crippen molar-refractivity contribution in [2.45, 2.75) is 26.2 Å². The number of anilines is 1. The van der Waals surface area contributed by atoms with Crippen LogP contribution >= 0.6 is 34.5 Å². The van der Waals surface area contributed by atoms with Crippen LogP contribution in [0.15, 0.2) is 36.4 Å². The van der Waals surface area contributed by atoms with Gasteiger partial charge in [-0.05, 0) is 43.2 Å². The number of carbonyl (C=O) groups excluding carboxylic acids is 1. The first-order chi connectivity index (χ1) is 13.9. The SMILES string of the molecule is Cc1ccc2nc(-n3nc(C)c4c3NC(=O)C[C@H]4c3cccc(Cl)c3Cl)sc2c1. The number of aromatic nitrogens is 3. The van der Waals surface area contributed by atoms with E-state index in [0.717, 1.165) is 27.0 Å². The van der Waals surface area contributed by atoms with E-state index in [1.54, 1.807) is 22.1 Å². The normalized spacial score (nSPS) is 16.1. The summed E-state index contributed by atoms with van der Waals surface area (Å²) in [5.41, 5.74) is 4.70. The highest BCUT2D eigenvalue weighted by Crippen LogP contribution is 2.44. The molecular weight excluding hydrogens is 427 g/mol. The molecule has 8 heteroatoms. The summed E-state index contributed by atoms with van der Waals surface area (Å²) in [6.45, 7) is 3.99. The number of nitrogens with zero attached hydrogens (tertiary/aromatic N) is 3. The Morgan fingerprint density at radius 1 is 1.21 bits per heavy atom. The van der Waals surface area contributed by atoms with Crippen LogP contribution in [0.25, 0.3) is 15.3 Å². The van der Waals surface area contributed by atoms with E-state index in [1.807, 2.05) is 31.2 Å². The van der Waals surface area contributed by atoms with Crippen molar-refractivity contribution in [1.29, 1.82) is 0 Å². The highest BCUT2D eigenvalue weighted by atomic mass is 35.5. The molecular formula is C21H16Cl2N4OS. The predicted octanol–water partition coefficient (Wildman–Crippen LogP) is 5.88. The number of benzene rings is 2. The quantitative estimate of drug-likeness (QED) is 0.421. The van der Waals surface area contributed by atoms with Crippen LogP contribution in [0, 0.1) is 13.8 Å². The number of aryl methyl sites for hydroxylation is 2. The fourth-order valence-electron chi connectivity index (χ4n) is 3.85. The van der Waals surface area contributed by atoms with Gasteiger partial charge in [0.2, 0.25) is 11.0 Å². The second-order valence-electron chi connectivity index (χ2n) is 7.18. The number of carbonyl (C=O) groups is 1. The maximum Gasteiger partial charge on any atom is 0.226 e. The average molecular weight is 443 g/mol. The van der Waals surface area contributed by atoms with Gasteiger partial charge >= 0.3 is 0 Å². The lowest BCUT2D eigenvalue weighted by Crippen LogP contribution is -2.25. The van der Waals surface area contributed by atoms with Crippen LogP contribution in [-0.2, 0) is 4.79 Å². The minimum Gasteiger partial charge on any atom is -0.310 e. The molecule has 0 unspecified atom stereocenters. The third kappa shape index (κ3) is 3.03. The smallest absolute Gasteiger partial charge is 0.226 e. The van der Waals surface area contributed by atoms with Gasteiger partial charge in [-0.15, -0.1) is 0 Å². The van der Waals surface area contributed by atoms with Gasteiger partial charge in [0.25, 0.3) is 0 Å². The molecule has 0 radical (unpaired) electrons. The molecule has 1 aliphatic heterocycles. The lowest BCUT2D eigenvalue weighted by Gasteiger charge is -2.25. The summed E-state index contributed by atoms with van der Waals surface area (Å²) < 4.78 is 2.81. The van der Waals surface area contributed by atoms with E-state index in [2.05, 4.69) is 18.3 Å². The van der Waals surface area contributed by atoms with Crippen molar-refractivity contribution in [2.75, 3.05) is 5.32 Å². The molecule has 5 nitrogen and oxygen atoms in total. The van der Waals surface area contributed by atoms with Crippen molar-refractivity contribution in [2.24, 2.45) is 0 Å². The number of nitrogens with one attached hydrogen (secondary N) is 1. The molecule has 0 saturated heterocycles. The van der Waals surface area contributed by atoms with Crippen LogP contribution in [0.4, 0.5) is 5.82 Å². The molecule has 4 aromatic rings. The van der Waals surface area contributed by atoms with Crippen molar-refractivity contribution in [3.8, 4) is 5.13 Å². The topological polar surface area (TPSA) is 59.8 Å². The molecule has 0 bridgehead atoms. The van der Waals surface area contributed by atoms with Crippen molar-refractivity contribution >= 4 is 56.5 Å². The first-order valence-electron chi connectivity index (χ1n) is 9.13. The summed E-state index contributed by atoms with van der Waals surface area (Å²) in [4.78, 5) is 17.3. The first kappa shape index (κ1) is 18.6. The van der Waals surface area contributed by atoms with E-state index in [-0.39, 0.29) is 11.8 Å². The molecule has 5 rings (SSSR count). The number of hydrogen-bond acceptors (Lipinski definition) is 4. The van der Waals surface area contributed by atoms with Crippen LogP contribution in [0.3, 0.4) is 0 Å². The number of amides is 1. The van der Waals surface area contributed by atoms with Crippen molar-refractivity contribution in [1.82, 2.24) is 14.8 Å². The molecule has 0 aliphatic carbocycles. The molecule has 29 heavy (non-hydrogen) atoms. The third-order valence-electron chi connectivity index (χ3n) is 5.17. The number of fused-ring (bicyclic) bond motifs is 2. The molecule has 0 saturated carbocycles. The molecule has 146 valence electrons. The monoisotopic (exact) mass is 442 g/mol. The van der Waals surface area contributed by atoms with E-state index in [0.29, 0.717) is 27.4 Å². The molecule has 1 atom stereocenters. The van der Waals surface area contributed by atoms with Crippen molar-refractivity contribution < 1.29 is 4.79 Å². The molecule has 0 spiro atoms. The molecule has 2 aromatic carbocycles. The Hall–Kier alpha value is -2.41. The predicted molar refractivity (Wildman–Crippen MR) is 118 cm³/mol. The maximum atomic E-state index is 12.6. The van der Waals surface area contributed by atoms with Crippen LogP contribution in [0.2, 0.25) is 10.0 Å². The zero-order chi connectivity index (χ0) is 20.3. The van der Waals surface area contributed by atoms with Gasteiger partial charge in [0.05, 0.1) is 26.0 Å². The van der Waals surface area contributed by atoms with E-state index >= 15 is 0 Å². The lowest BCUT2D eigenvalue weighted by molar-refractivity contribution is -0.116. The molecule has 1 N–H and O–H groups in total. The van der Waals surface area contributed by atoms with Gasteiger partial charge in [-0.3, -0.25) is 4.79 Å². The van der Waals surface area contributed by atoms with Gasteiger partial charge < -0.3 is 5.32 Å². The second kappa shape index (κ2) is 6.83. The largest absolute Gasteiger partial charge is 0.310 e. The summed E-state index contributed by atoms with van der Waals surface area (Å²) in [5.74, 6) is 0.350. The fraction of sp³-hybridized carbons (Fsp3) is 0.190. The Kier molecular flexibility index (Phi) is 4.38. The van der Waals surface area contributed by atoms with Gasteiger partial charge in [0.1, 0.15) is 5.82 Å². The number of halogens is 2. The molecule has 3 heterocycles. The van der Waals surface area contributed by atoms with Gasteiger partial charge in [-0.1, -0.05) is 52.7 Å². The van der Waals surface area contributed by atoms with Gasteiger partial charge in [-0.25, -0.2) is 4.98 Å². The van der Waals surface area contributed by atoms with Gasteiger partial charge in [0, 0.05) is 17.9 Å². The summed E-state index contributed by atoms with van der Waals surface area (Å²) in [6, 6.07) is 11.7. The highest BCUT2D eigenvalue weighted by molar-refractivity contribution is 7.20. The van der Waals surface area contributed by atoms with E-state index in [9.17, 15) is 4.79 Å². The Bertz CT molecular complexity index is 1290. The van der Waals surface area contributed by atoms with Crippen molar-refractivity contribution in [3.63, 3.8) is 0 Å². The minimum atomic E-state index is -0.213. The number of hydrogen-bond donors (Lipinski definition) is 1. The van der Waals surface area contributed by atoms with E-state index < -0.39 is 0 Å². The molecule has 1 amide bonds. The molecule has 0 fully saturated rings. The molecule has 1 aliphatic rings. The zero-order valence-corrected chi connectivity index (χ0v) is 18.0. The second-order valence-corrected chi connectivity index (χ2v) is 8.97. The van der Waals surface area contributed by atoms with Crippen molar-refractivity contribution in [3.05, 3.63) is 68.8 Å². The summed E-state index contributed by atoms with van der Waals surface area (Å²) in [5, 5.41) is 9.37. The van der Waals surface area contributed by atoms with E-state index in [4.69, 9.17) is 33.3 Å². The van der Waals surface area contributed by atoms with Crippen LogP contribution in [-0.4, -0.2) is 20.7 Å². The zero-order valence-electron chi connectivity index (χ0n) is 15.7. The number of thiazole rings is 1. The minimum absolute atomic E-state index is 0.0864. The average Bonchev–Trinajstić information content (AvgIpc) is 3.24. The summed E-state index contributed by atoms with van der Waals surface area (Å²) >= 11 is 14.3. The van der Waals surface area contributed by atoms with Gasteiger partial charge in [0.15, 0.2) is 0 Å². The van der Waals surface area contributed by atoms with Crippen LogP contribution in [0.5, 0.6) is 0 Å². The Morgan fingerprint density at radius 2 is 2.03 bits per heavy atom. The maximum absolute atomic E-state index is 12.6. The summed E-state index contributed by atoms with van der Waals surface area (Å²) in [7, 11) is 0. The van der Waals surface area contributed by atoms with E-state index in [1.165, 1.54) is 5.56 Å². The standard InChI is InChI=1S/C21H16Cl2N4OS/c1-10-6-7-15-16(8-10)29-21(24-15)27-20-18(11(2)26-27)13(9-17(28)25-20)12-4-3-5-14(22)19(12)23/h3-8,13H,9H2,1-2H3,(H,25,28)/t13-/m0/s1. The highest BCUT2D eigenvalue weighted by Gasteiger charge is 2.34. The van der Waals surface area contributed by atoms with Crippen LogP contribution < -0.4 is 5.32 Å². The van der Waals surface area contributed by atoms with Crippen LogP contribution in [0.1, 0.15) is 34.7 Å². The number of rotatable bonds is 2. The fourth-order valence-corrected chi connectivity index (χ4v) is 5.31. The summed E-state index contributed by atoms with van der Waals surface area (Å²) in [6.07, 6.45) is 0.290. The Morgan fingerprint density at radius 3 is 2.86 bits per heavy atom.